The summed E-state index contributed by atoms with van der Waals surface area (Å²) in [6, 6.07) is 5.17. The first-order valence-corrected chi connectivity index (χ1v) is 7.42. The van der Waals surface area contributed by atoms with Crippen molar-refractivity contribution in [2.45, 2.75) is 10.9 Å². The second-order valence-corrected chi connectivity index (χ2v) is 5.87. The molecule has 8 heteroatoms. The lowest BCUT2D eigenvalue weighted by molar-refractivity contribution is 0.0689. The third kappa shape index (κ3) is 3.76. The van der Waals surface area contributed by atoms with Crippen LogP contribution in [0.2, 0.25) is 15.1 Å². The van der Waals surface area contributed by atoms with Gasteiger partial charge in [-0.3, -0.25) is 0 Å². The van der Waals surface area contributed by atoms with Crippen molar-refractivity contribution < 1.29 is 9.90 Å². The van der Waals surface area contributed by atoms with Gasteiger partial charge in [-0.15, -0.1) is 0 Å². The summed E-state index contributed by atoms with van der Waals surface area (Å²) < 4.78 is 0. The highest BCUT2D eigenvalue weighted by Crippen LogP contribution is 2.27. The van der Waals surface area contributed by atoms with Crippen LogP contribution in [0.3, 0.4) is 0 Å². The lowest BCUT2D eigenvalue weighted by Gasteiger charge is -2.05. The first kappa shape index (κ1) is 15.4. The van der Waals surface area contributed by atoms with Crippen LogP contribution in [0, 0.1) is 0 Å². The van der Waals surface area contributed by atoms with Crippen molar-refractivity contribution in [3.8, 4) is 0 Å². The van der Waals surface area contributed by atoms with Gasteiger partial charge in [-0.05, 0) is 17.7 Å². The van der Waals surface area contributed by atoms with Gasteiger partial charge in [0.25, 0.3) is 0 Å². The van der Waals surface area contributed by atoms with E-state index in [0.717, 1.165) is 5.56 Å². The third-order valence-electron chi connectivity index (χ3n) is 2.30. The van der Waals surface area contributed by atoms with E-state index < -0.39 is 5.97 Å². The molecule has 1 N–H and O–H groups in total. The molecule has 0 aliphatic carbocycles. The molecule has 0 saturated carbocycles. The van der Waals surface area contributed by atoms with Gasteiger partial charge in [0.2, 0.25) is 0 Å². The van der Waals surface area contributed by atoms with Crippen molar-refractivity contribution >= 4 is 52.5 Å². The lowest BCUT2D eigenvalue weighted by Crippen LogP contribution is -2.03. The molecular weight excluding hydrogens is 343 g/mol. The Balaban J connectivity index is 2.15. The molecule has 1 heterocycles. The van der Waals surface area contributed by atoms with Crippen molar-refractivity contribution in [2.75, 3.05) is 0 Å². The molecule has 0 fully saturated rings. The first-order valence-electron chi connectivity index (χ1n) is 5.30. The van der Waals surface area contributed by atoms with Crippen LogP contribution in [0.15, 0.2) is 29.6 Å². The standard InChI is InChI=1S/C12H7Cl3N2O2S/c13-7-2-1-6(8(14)3-7)5-20-12-16-4-9(15)10(17-12)11(18)19/h1-4H,5H2,(H,18,19). The van der Waals surface area contributed by atoms with Crippen LogP contribution < -0.4 is 0 Å². The van der Waals surface area contributed by atoms with Gasteiger partial charge in [-0.2, -0.15) is 0 Å². The van der Waals surface area contributed by atoms with E-state index in [2.05, 4.69) is 9.97 Å². The summed E-state index contributed by atoms with van der Waals surface area (Å²) in [5, 5.41) is 10.3. The van der Waals surface area contributed by atoms with E-state index in [-0.39, 0.29) is 10.7 Å². The Kier molecular flexibility index (Phi) is 5.10. The minimum absolute atomic E-state index is 0.00590. The fraction of sp³-hybridized carbons (Fsp3) is 0.0833. The normalized spacial score (nSPS) is 10.6. The second-order valence-electron chi connectivity index (χ2n) is 3.68. The van der Waals surface area contributed by atoms with E-state index in [9.17, 15) is 4.79 Å². The summed E-state index contributed by atoms with van der Waals surface area (Å²) in [5.74, 6) is -0.694. The van der Waals surface area contributed by atoms with Gasteiger partial charge < -0.3 is 5.11 Å². The molecule has 2 aromatic rings. The van der Waals surface area contributed by atoms with Gasteiger partial charge in [0, 0.05) is 15.8 Å². The number of hydrogen-bond acceptors (Lipinski definition) is 4. The van der Waals surface area contributed by atoms with Crippen LogP contribution in [0.25, 0.3) is 0 Å². The number of hydrogen-bond donors (Lipinski definition) is 1. The summed E-state index contributed by atoms with van der Waals surface area (Å²) in [7, 11) is 0. The Labute approximate surface area is 134 Å². The zero-order chi connectivity index (χ0) is 14.7. The molecule has 2 rings (SSSR count). The summed E-state index contributed by atoms with van der Waals surface area (Å²) in [4.78, 5) is 18.8. The Morgan fingerprint density at radius 2 is 2.00 bits per heavy atom. The van der Waals surface area contributed by atoms with Crippen molar-refractivity contribution in [3.63, 3.8) is 0 Å². The maximum atomic E-state index is 10.9. The lowest BCUT2D eigenvalue weighted by atomic mass is 10.2. The van der Waals surface area contributed by atoms with Crippen LogP contribution in [0.1, 0.15) is 16.1 Å². The average Bonchev–Trinajstić information content (AvgIpc) is 2.39. The molecule has 0 amide bonds. The fourth-order valence-electron chi connectivity index (χ4n) is 1.35. The highest BCUT2D eigenvalue weighted by molar-refractivity contribution is 7.98. The number of aromatic nitrogens is 2. The maximum Gasteiger partial charge on any atom is 0.356 e. The minimum atomic E-state index is -1.19. The zero-order valence-electron chi connectivity index (χ0n) is 9.81. The molecule has 20 heavy (non-hydrogen) atoms. The summed E-state index contributed by atoms with van der Waals surface area (Å²) in [6.07, 6.45) is 1.27. The van der Waals surface area contributed by atoms with Crippen molar-refractivity contribution in [3.05, 3.63) is 50.7 Å². The van der Waals surface area contributed by atoms with E-state index in [1.807, 2.05) is 0 Å². The van der Waals surface area contributed by atoms with Crippen molar-refractivity contribution in [1.29, 1.82) is 0 Å². The maximum absolute atomic E-state index is 10.9. The SMILES string of the molecule is O=C(O)c1nc(SCc2ccc(Cl)cc2Cl)ncc1Cl. The second kappa shape index (κ2) is 6.63. The average molecular weight is 350 g/mol. The third-order valence-corrected chi connectivity index (χ3v) is 4.07. The molecule has 4 nitrogen and oxygen atoms in total. The van der Waals surface area contributed by atoms with Gasteiger partial charge in [0.1, 0.15) is 0 Å². The molecule has 1 aromatic carbocycles. The number of thioether (sulfide) groups is 1. The van der Waals surface area contributed by atoms with E-state index in [1.165, 1.54) is 18.0 Å². The van der Waals surface area contributed by atoms with Crippen molar-refractivity contribution in [1.82, 2.24) is 9.97 Å². The molecular formula is C12H7Cl3N2O2S. The monoisotopic (exact) mass is 348 g/mol. The van der Waals surface area contributed by atoms with E-state index >= 15 is 0 Å². The molecule has 0 saturated heterocycles. The van der Waals surface area contributed by atoms with Crippen LogP contribution >= 0.6 is 46.6 Å². The number of carboxylic acid groups (broad SMARTS) is 1. The summed E-state index contributed by atoms with van der Waals surface area (Å²) in [5.41, 5.74) is 0.642. The summed E-state index contributed by atoms with van der Waals surface area (Å²) in [6.45, 7) is 0. The van der Waals surface area contributed by atoms with Crippen molar-refractivity contribution in [2.24, 2.45) is 0 Å². The topological polar surface area (TPSA) is 63.1 Å². The Morgan fingerprint density at radius 1 is 1.25 bits per heavy atom. The number of halogens is 3. The molecule has 104 valence electrons. The number of aromatic carboxylic acids is 1. The molecule has 0 aliphatic heterocycles. The highest BCUT2D eigenvalue weighted by atomic mass is 35.5. The fourth-order valence-corrected chi connectivity index (χ4v) is 2.90. The number of nitrogens with zero attached hydrogens (tertiary/aromatic N) is 2. The van der Waals surface area contributed by atoms with E-state index in [1.54, 1.807) is 18.2 Å². The van der Waals surface area contributed by atoms with E-state index in [0.29, 0.717) is 21.0 Å². The quantitative estimate of drug-likeness (QED) is 0.653. The molecule has 0 spiro atoms. The van der Waals surface area contributed by atoms with Gasteiger partial charge in [-0.1, -0.05) is 52.6 Å². The van der Waals surface area contributed by atoms with Crippen LogP contribution in [-0.2, 0) is 5.75 Å². The predicted octanol–water partition coefficient (Wildman–Crippen LogP) is 4.43. The van der Waals surface area contributed by atoms with Gasteiger partial charge in [-0.25, -0.2) is 14.8 Å². The highest BCUT2D eigenvalue weighted by Gasteiger charge is 2.13. The predicted molar refractivity (Wildman–Crippen MR) is 80.0 cm³/mol. The zero-order valence-corrected chi connectivity index (χ0v) is 12.9. The van der Waals surface area contributed by atoms with Gasteiger partial charge >= 0.3 is 5.97 Å². The molecule has 1 aromatic heterocycles. The van der Waals surface area contributed by atoms with Gasteiger partial charge in [0.05, 0.1) is 11.2 Å². The number of benzene rings is 1. The van der Waals surface area contributed by atoms with Crippen LogP contribution in [0.5, 0.6) is 0 Å². The molecule has 0 unspecified atom stereocenters. The Bertz CT molecular complexity index is 667. The molecule has 0 bridgehead atoms. The summed E-state index contributed by atoms with van der Waals surface area (Å²) >= 11 is 18.8. The van der Waals surface area contributed by atoms with Crippen LogP contribution in [0.4, 0.5) is 0 Å². The Hall–Kier alpha value is -1.01. The molecule has 0 radical (unpaired) electrons. The number of rotatable bonds is 4. The largest absolute Gasteiger partial charge is 0.476 e. The molecule has 0 atom stereocenters. The smallest absolute Gasteiger partial charge is 0.356 e. The van der Waals surface area contributed by atoms with Gasteiger partial charge in [0.15, 0.2) is 10.9 Å². The van der Waals surface area contributed by atoms with E-state index in [4.69, 9.17) is 39.9 Å². The number of carbonyl (C=O) groups is 1. The first-order chi connectivity index (χ1) is 9.47. The Morgan fingerprint density at radius 3 is 2.65 bits per heavy atom. The molecule has 0 aliphatic rings. The minimum Gasteiger partial charge on any atom is -0.476 e. The number of carboxylic acids is 1. The van der Waals surface area contributed by atoms with Crippen LogP contribution in [-0.4, -0.2) is 21.0 Å².